The van der Waals surface area contributed by atoms with Crippen molar-refractivity contribution in [2.45, 2.75) is 103 Å². The molecule has 432 valence electrons. The molecule has 2 amide bonds. The monoisotopic (exact) mass is 1090 g/mol. The minimum Gasteiger partial charge on any atom is -0.481 e. The predicted molar refractivity (Wildman–Crippen MR) is 292 cm³/mol. The first-order valence-corrected chi connectivity index (χ1v) is 28.8. The lowest BCUT2D eigenvalue weighted by molar-refractivity contribution is -0.165. The molecule has 6 aliphatic rings. The fraction of sp³-hybridized carbons (Fsp3) is 0.690. The van der Waals surface area contributed by atoms with Gasteiger partial charge in [0, 0.05) is 91.6 Å². The zero-order chi connectivity index (χ0) is 55.3. The number of hydrogen-bond acceptors (Lipinski definition) is 16. The van der Waals surface area contributed by atoms with Crippen molar-refractivity contribution < 1.29 is 57.9 Å². The number of carboxylic acids is 2. The van der Waals surface area contributed by atoms with Gasteiger partial charge >= 0.3 is 36.1 Å². The number of rotatable bonds is 26. The molecule has 8 rings (SSSR count). The number of piperidine rings is 2. The zero-order valence-electron chi connectivity index (χ0n) is 46.5. The molecular formula is C58H88N8O12. The van der Waals surface area contributed by atoms with E-state index in [4.69, 9.17) is 24.1 Å². The minimum atomic E-state index is -1.20. The quantitative estimate of drug-likeness (QED) is 0.0719. The van der Waals surface area contributed by atoms with Gasteiger partial charge in [0.2, 0.25) is 0 Å². The molecule has 0 saturated carbocycles. The maximum atomic E-state index is 12.8. The van der Waals surface area contributed by atoms with E-state index < -0.39 is 22.8 Å². The van der Waals surface area contributed by atoms with Crippen LogP contribution in [0, 0.1) is 10.8 Å². The summed E-state index contributed by atoms with van der Waals surface area (Å²) in [5, 5.41) is 18.7. The molecule has 2 atom stereocenters. The average Bonchev–Trinajstić information content (AvgIpc) is 3.98. The molecule has 6 saturated heterocycles. The van der Waals surface area contributed by atoms with Crippen molar-refractivity contribution in [3.8, 4) is 0 Å². The number of carbonyl (C=O) groups excluding carboxylic acids is 4. The van der Waals surface area contributed by atoms with Gasteiger partial charge in [-0.15, -0.1) is 0 Å². The normalized spacial score (nSPS) is 22.5. The highest BCUT2D eigenvalue weighted by molar-refractivity contribution is 5.84. The van der Waals surface area contributed by atoms with Crippen LogP contribution in [-0.4, -0.2) is 242 Å². The standard InChI is InChI=1S/C31H48N4O6.C27H40N4O6/c1-3-39-28(36)22-31(29(37)40-4-2)12-16-33(17-13-31)24-27-25-35(30(38)41-27)15-9-8-14-32-18-20-34(21-19-32)23-26-10-6-5-7-11-26;32-24(33)18-27(25(34)35)8-12-29(13-9-27)20-23-21-31(26(36)37-23)11-5-4-10-28-14-16-30(17-15-28)19-22-6-2-1-3-7-22/h5-7,10-11,27H,3-4,8-9,12-25H2,1-2H3;1-3,6-7,23H,4-5,8-21H2,(H,32,33)(H,34,35). The maximum absolute atomic E-state index is 12.8. The Balaban J connectivity index is 0.000000227. The number of aliphatic carboxylic acids is 2. The van der Waals surface area contributed by atoms with Crippen LogP contribution in [0.5, 0.6) is 0 Å². The summed E-state index contributed by atoms with van der Waals surface area (Å²) in [7, 11) is 0. The number of hydrogen-bond donors (Lipinski definition) is 2. The third-order valence-corrected chi connectivity index (χ3v) is 16.6. The second-order valence-corrected chi connectivity index (χ2v) is 22.3. The van der Waals surface area contributed by atoms with Gasteiger partial charge in [-0.05, 0) is 116 Å². The van der Waals surface area contributed by atoms with Crippen LogP contribution in [0.1, 0.15) is 89.2 Å². The Bertz CT molecular complexity index is 2200. The van der Waals surface area contributed by atoms with E-state index in [1.165, 1.54) is 11.1 Å². The largest absolute Gasteiger partial charge is 0.481 e. The molecule has 6 heterocycles. The van der Waals surface area contributed by atoms with Crippen molar-refractivity contribution in [1.82, 2.24) is 39.2 Å². The molecule has 2 unspecified atom stereocenters. The minimum absolute atomic E-state index is 0.0447. The van der Waals surface area contributed by atoms with Crippen LogP contribution < -0.4 is 0 Å². The average molecular weight is 1090 g/mol. The number of esters is 2. The van der Waals surface area contributed by atoms with Crippen molar-refractivity contribution in [1.29, 1.82) is 0 Å². The number of nitrogens with zero attached hydrogens (tertiary/aromatic N) is 8. The van der Waals surface area contributed by atoms with E-state index in [-0.39, 0.29) is 55.8 Å². The van der Waals surface area contributed by atoms with E-state index in [1.807, 2.05) is 4.90 Å². The first-order valence-electron chi connectivity index (χ1n) is 28.8. The van der Waals surface area contributed by atoms with Gasteiger partial charge in [0.1, 0.15) is 12.2 Å². The number of carboxylic acid groups (broad SMARTS) is 2. The molecule has 78 heavy (non-hydrogen) atoms. The lowest BCUT2D eigenvalue weighted by Gasteiger charge is -2.39. The Morgan fingerprint density at radius 2 is 0.910 bits per heavy atom. The van der Waals surface area contributed by atoms with Crippen LogP contribution in [0.15, 0.2) is 60.7 Å². The summed E-state index contributed by atoms with van der Waals surface area (Å²) in [4.78, 5) is 90.7. The predicted octanol–water partition coefficient (Wildman–Crippen LogP) is 5.05. The van der Waals surface area contributed by atoms with Gasteiger partial charge in [-0.25, -0.2) is 9.59 Å². The summed E-state index contributed by atoms with van der Waals surface area (Å²) >= 11 is 0. The Morgan fingerprint density at radius 1 is 0.513 bits per heavy atom. The number of amides is 2. The number of carbonyl (C=O) groups is 6. The fourth-order valence-corrected chi connectivity index (χ4v) is 11.9. The van der Waals surface area contributed by atoms with Crippen LogP contribution in [0.3, 0.4) is 0 Å². The molecule has 0 aliphatic carbocycles. The number of likely N-dealkylation sites (tertiary alicyclic amines) is 2. The Morgan fingerprint density at radius 3 is 1.31 bits per heavy atom. The van der Waals surface area contributed by atoms with Crippen molar-refractivity contribution in [2.75, 3.05) is 144 Å². The molecule has 2 aromatic rings. The van der Waals surface area contributed by atoms with Crippen LogP contribution in [-0.2, 0) is 51.2 Å². The van der Waals surface area contributed by atoms with Gasteiger partial charge in [0.15, 0.2) is 0 Å². The lowest BCUT2D eigenvalue weighted by Crippen LogP contribution is -2.48. The van der Waals surface area contributed by atoms with Gasteiger partial charge in [-0.2, -0.15) is 0 Å². The van der Waals surface area contributed by atoms with Gasteiger partial charge in [0.05, 0.1) is 50.0 Å². The molecule has 6 aliphatic heterocycles. The van der Waals surface area contributed by atoms with Crippen molar-refractivity contribution in [3.63, 3.8) is 0 Å². The summed E-state index contributed by atoms with van der Waals surface area (Å²) in [5.74, 6) is -2.80. The van der Waals surface area contributed by atoms with Gasteiger partial charge in [-0.1, -0.05) is 60.7 Å². The van der Waals surface area contributed by atoms with E-state index in [0.717, 1.165) is 111 Å². The molecule has 6 fully saturated rings. The molecule has 20 heteroatoms. The molecule has 0 radical (unpaired) electrons. The van der Waals surface area contributed by atoms with E-state index in [1.54, 1.807) is 18.7 Å². The Labute approximate surface area is 461 Å². The van der Waals surface area contributed by atoms with Gasteiger partial charge < -0.3 is 48.8 Å². The van der Waals surface area contributed by atoms with E-state index in [0.29, 0.717) is 91.2 Å². The highest BCUT2D eigenvalue weighted by Crippen LogP contribution is 2.38. The summed E-state index contributed by atoms with van der Waals surface area (Å²) < 4.78 is 21.7. The number of piperazine rings is 2. The second-order valence-electron chi connectivity index (χ2n) is 22.3. The molecule has 0 aromatic heterocycles. The number of benzene rings is 2. The fourth-order valence-electron chi connectivity index (χ4n) is 11.9. The van der Waals surface area contributed by atoms with Crippen LogP contribution in [0.2, 0.25) is 0 Å². The molecular weight excluding hydrogens is 1000 g/mol. The Hall–Kier alpha value is -5.38. The van der Waals surface area contributed by atoms with Crippen LogP contribution in [0.4, 0.5) is 9.59 Å². The number of ether oxygens (including phenoxy) is 4. The number of cyclic esters (lactones) is 2. The van der Waals surface area contributed by atoms with Crippen LogP contribution in [0.25, 0.3) is 0 Å². The third-order valence-electron chi connectivity index (χ3n) is 16.6. The van der Waals surface area contributed by atoms with E-state index >= 15 is 0 Å². The first kappa shape index (κ1) is 60.3. The molecule has 0 bridgehead atoms. The summed E-state index contributed by atoms with van der Waals surface area (Å²) in [6, 6.07) is 21.2. The molecule has 20 nitrogen and oxygen atoms in total. The van der Waals surface area contributed by atoms with Crippen molar-refractivity contribution in [3.05, 3.63) is 71.8 Å². The summed E-state index contributed by atoms with van der Waals surface area (Å²) in [6.07, 6.45) is 4.40. The van der Waals surface area contributed by atoms with Gasteiger partial charge in [-0.3, -0.25) is 38.8 Å². The second kappa shape index (κ2) is 30.3. The highest BCUT2D eigenvalue weighted by Gasteiger charge is 2.46. The van der Waals surface area contributed by atoms with Crippen LogP contribution >= 0.6 is 0 Å². The SMILES string of the molecule is CCOC(=O)CC1(C(=O)OCC)CCN(CC2CN(CCCCN3CCN(Cc4ccccc4)CC3)C(=O)O2)CC1.O=C(O)CC1(C(=O)O)CCN(CC2CN(CCCCN3CCN(Cc4ccccc4)CC3)C(=O)O2)CC1. The zero-order valence-corrected chi connectivity index (χ0v) is 46.5. The lowest BCUT2D eigenvalue weighted by atomic mass is 9.75. The summed E-state index contributed by atoms with van der Waals surface area (Å²) in [6.45, 7) is 22.9. The highest BCUT2D eigenvalue weighted by atomic mass is 16.6. The molecule has 2 N–H and O–H groups in total. The Kier molecular flexibility index (Phi) is 23.4. The van der Waals surface area contributed by atoms with Crippen molar-refractivity contribution in [2.24, 2.45) is 10.8 Å². The first-order chi connectivity index (χ1) is 37.7. The summed E-state index contributed by atoms with van der Waals surface area (Å²) in [5.41, 5.74) is 0.690. The maximum Gasteiger partial charge on any atom is 0.410 e. The van der Waals surface area contributed by atoms with Crippen molar-refractivity contribution >= 4 is 36.1 Å². The molecule has 0 spiro atoms. The van der Waals surface area contributed by atoms with E-state index in [9.17, 15) is 33.9 Å². The molecule has 2 aromatic carbocycles. The van der Waals surface area contributed by atoms with E-state index in [2.05, 4.69) is 90.1 Å². The smallest absolute Gasteiger partial charge is 0.410 e. The topological polar surface area (TPSA) is 206 Å². The number of unbranched alkanes of at least 4 members (excludes halogenated alkanes) is 2. The van der Waals surface area contributed by atoms with Gasteiger partial charge in [0.25, 0.3) is 0 Å². The third kappa shape index (κ3) is 18.3.